The summed E-state index contributed by atoms with van der Waals surface area (Å²) in [4.78, 5) is 37.5. The monoisotopic (exact) mass is 506 g/mol. The normalized spacial score (nSPS) is 9.81. The maximum atomic E-state index is 11.2. The van der Waals surface area contributed by atoms with E-state index in [-0.39, 0.29) is 11.4 Å². The highest BCUT2D eigenvalue weighted by atomic mass is 16.5. The molecule has 0 amide bonds. The predicted molar refractivity (Wildman–Crippen MR) is 128 cm³/mol. The molecule has 0 fully saturated rings. The number of carbonyl (C=O) groups is 2. The molecule has 12 heteroatoms. The third-order valence-electron chi connectivity index (χ3n) is 4.39. The van der Waals surface area contributed by atoms with Gasteiger partial charge < -0.3 is 28.8 Å². The Morgan fingerprint density at radius 3 is 1.30 bits per heavy atom. The van der Waals surface area contributed by atoms with Crippen molar-refractivity contribution in [2.75, 3.05) is 21.3 Å². The molecule has 0 radical (unpaired) electrons. The van der Waals surface area contributed by atoms with Gasteiger partial charge in [-0.25, -0.2) is 29.5 Å². The highest BCUT2D eigenvalue weighted by Gasteiger charge is 2.07. The molecule has 4 aromatic rings. The van der Waals surface area contributed by atoms with Crippen molar-refractivity contribution >= 4 is 11.9 Å². The quantitative estimate of drug-likeness (QED) is 0.343. The fourth-order valence-corrected chi connectivity index (χ4v) is 2.60. The first kappa shape index (κ1) is 26.3. The van der Waals surface area contributed by atoms with Gasteiger partial charge >= 0.3 is 11.9 Å². The van der Waals surface area contributed by atoms with Gasteiger partial charge in [-0.2, -0.15) is 0 Å². The summed E-state index contributed by atoms with van der Waals surface area (Å²) < 4.78 is 25.4. The summed E-state index contributed by atoms with van der Waals surface area (Å²) in [5.74, 6) is 1.43. The van der Waals surface area contributed by atoms with Crippen LogP contribution >= 0.6 is 0 Å². The molecule has 0 aromatic carbocycles. The molecule has 0 saturated heterocycles. The number of aromatic nitrogens is 4. The molecular weight excluding hydrogens is 484 g/mol. The van der Waals surface area contributed by atoms with E-state index in [1.165, 1.54) is 57.2 Å². The van der Waals surface area contributed by atoms with E-state index in [1.807, 2.05) is 0 Å². The van der Waals surface area contributed by atoms with Crippen LogP contribution in [0.3, 0.4) is 0 Å². The molecule has 0 bridgehead atoms. The lowest BCUT2D eigenvalue weighted by Gasteiger charge is -2.06. The van der Waals surface area contributed by atoms with Crippen LogP contribution in [-0.2, 0) is 4.74 Å². The maximum absolute atomic E-state index is 11.2. The van der Waals surface area contributed by atoms with Gasteiger partial charge in [0, 0.05) is 12.1 Å². The number of carboxylic acids is 1. The SMILES string of the molecule is COC(=O)c1ccc(Oc2ccc(OC)nc2)cn1.COc1ccc(Oc2ccc(C(=O)O)nc2)cn1. The van der Waals surface area contributed by atoms with Gasteiger partial charge in [0.05, 0.1) is 46.1 Å². The number of hydrogen-bond donors (Lipinski definition) is 1. The van der Waals surface area contributed by atoms with E-state index in [2.05, 4.69) is 24.7 Å². The van der Waals surface area contributed by atoms with E-state index in [0.717, 1.165) is 0 Å². The van der Waals surface area contributed by atoms with Gasteiger partial charge in [0.2, 0.25) is 11.8 Å². The molecule has 0 spiro atoms. The lowest BCUT2D eigenvalue weighted by atomic mass is 10.3. The first-order valence-corrected chi connectivity index (χ1v) is 10.5. The number of rotatable bonds is 8. The van der Waals surface area contributed by atoms with Crippen LogP contribution < -0.4 is 18.9 Å². The van der Waals surface area contributed by atoms with E-state index in [9.17, 15) is 9.59 Å². The van der Waals surface area contributed by atoms with Crippen molar-refractivity contribution in [1.29, 1.82) is 0 Å². The summed E-state index contributed by atoms with van der Waals surface area (Å²) in [5.41, 5.74) is 0.193. The number of hydrogen-bond acceptors (Lipinski definition) is 11. The molecule has 0 atom stereocenters. The molecule has 0 unspecified atom stereocenters. The third kappa shape index (κ3) is 7.89. The molecule has 190 valence electrons. The Labute approximate surface area is 211 Å². The minimum atomic E-state index is -1.08. The van der Waals surface area contributed by atoms with Gasteiger partial charge in [-0.15, -0.1) is 0 Å². The Morgan fingerprint density at radius 1 is 0.595 bits per heavy atom. The summed E-state index contributed by atoms with van der Waals surface area (Å²) in [6, 6.07) is 12.8. The molecule has 0 aliphatic rings. The second kappa shape index (κ2) is 13.0. The number of carbonyl (C=O) groups excluding carboxylic acids is 1. The van der Waals surface area contributed by atoms with Gasteiger partial charge in [0.15, 0.2) is 0 Å². The predicted octanol–water partition coefficient (Wildman–Crippen LogP) is 4.04. The van der Waals surface area contributed by atoms with Crippen LogP contribution in [0.1, 0.15) is 21.0 Å². The number of esters is 1. The van der Waals surface area contributed by atoms with Crippen LogP contribution in [-0.4, -0.2) is 58.3 Å². The van der Waals surface area contributed by atoms with Gasteiger partial charge in [-0.3, -0.25) is 0 Å². The Morgan fingerprint density at radius 2 is 1.00 bits per heavy atom. The van der Waals surface area contributed by atoms with Crippen LogP contribution in [0.5, 0.6) is 34.8 Å². The Balaban J connectivity index is 0.000000206. The van der Waals surface area contributed by atoms with Crippen molar-refractivity contribution in [2.45, 2.75) is 0 Å². The lowest BCUT2D eigenvalue weighted by molar-refractivity contribution is 0.0593. The largest absolute Gasteiger partial charge is 0.481 e. The Hall–Kier alpha value is -5.26. The van der Waals surface area contributed by atoms with E-state index in [4.69, 9.17) is 24.1 Å². The Kier molecular flexibility index (Phi) is 9.25. The number of carboxylic acid groups (broad SMARTS) is 1. The molecule has 4 heterocycles. The van der Waals surface area contributed by atoms with Crippen LogP contribution in [0.15, 0.2) is 73.3 Å². The summed E-state index contributed by atoms with van der Waals surface area (Å²) in [6.45, 7) is 0. The summed E-state index contributed by atoms with van der Waals surface area (Å²) >= 11 is 0. The van der Waals surface area contributed by atoms with Crippen molar-refractivity contribution in [2.24, 2.45) is 0 Å². The number of pyridine rings is 4. The number of methoxy groups -OCH3 is 3. The maximum Gasteiger partial charge on any atom is 0.356 e. The standard InChI is InChI=1S/C13H12N2O4.C12H10N2O4/c1-17-12-6-4-10(8-15-12)19-9-3-5-11(14-7-9)13(16)18-2;1-17-11-5-3-9(7-14-11)18-8-2-4-10(12(15)16)13-6-8/h3-8H,1-2H3;2-7H,1H3,(H,15,16). The number of aromatic carboxylic acids is 1. The molecule has 4 aromatic heterocycles. The third-order valence-corrected chi connectivity index (χ3v) is 4.39. The fourth-order valence-electron chi connectivity index (χ4n) is 2.60. The molecule has 1 N–H and O–H groups in total. The topological polar surface area (TPSA) is 152 Å². The molecule has 0 aliphatic carbocycles. The fraction of sp³-hybridized carbons (Fsp3) is 0.120. The zero-order valence-corrected chi connectivity index (χ0v) is 20.0. The first-order chi connectivity index (χ1) is 17.9. The summed E-state index contributed by atoms with van der Waals surface area (Å²) in [6.07, 6.45) is 5.82. The van der Waals surface area contributed by atoms with Gasteiger partial charge in [0.25, 0.3) is 0 Å². The van der Waals surface area contributed by atoms with Crippen molar-refractivity contribution in [3.8, 4) is 34.8 Å². The van der Waals surface area contributed by atoms with Crippen LogP contribution in [0, 0.1) is 0 Å². The molecule has 0 aliphatic heterocycles. The first-order valence-electron chi connectivity index (χ1n) is 10.5. The number of nitrogens with zero attached hydrogens (tertiary/aromatic N) is 4. The van der Waals surface area contributed by atoms with E-state index >= 15 is 0 Å². The number of ether oxygens (including phenoxy) is 5. The molecule has 12 nitrogen and oxygen atoms in total. The zero-order valence-electron chi connectivity index (χ0n) is 20.0. The van der Waals surface area contributed by atoms with Crippen LogP contribution in [0.4, 0.5) is 0 Å². The van der Waals surface area contributed by atoms with Crippen LogP contribution in [0.2, 0.25) is 0 Å². The minimum absolute atomic E-state index is 0.0322. The average Bonchev–Trinajstić information content (AvgIpc) is 2.94. The second-order valence-corrected chi connectivity index (χ2v) is 6.83. The smallest absolute Gasteiger partial charge is 0.356 e. The Bertz CT molecular complexity index is 1300. The van der Waals surface area contributed by atoms with E-state index < -0.39 is 11.9 Å². The molecule has 0 saturated carbocycles. The second-order valence-electron chi connectivity index (χ2n) is 6.83. The average molecular weight is 506 g/mol. The van der Waals surface area contributed by atoms with Crippen molar-refractivity contribution in [3.63, 3.8) is 0 Å². The van der Waals surface area contributed by atoms with E-state index in [1.54, 1.807) is 37.4 Å². The summed E-state index contributed by atoms with van der Waals surface area (Å²) in [7, 11) is 4.37. The minimum Gasteiger partial charge on any atom is -0.481 e. The van der Waals surface area contributed by atoms with Gasteiger partial charge in [0.1, 0.15) is 34.4 Å². The highest BCUT2D eigenvalue weighted by Crippen LogP contribution is 2.22. The summed E-state index contributed by atoms with van der Waals surface area (Å²) in [5, 5.41) is 8.70. The highest BCUT2D eigenvalue weighted by molar-refractivity contribution is 5.87. The molecule has 4 rings (SSSR count). The van der Waals surface area contributed by atoms with Gasteiger partial charge in [-0.05, 0) is 36.4 Å². The van der Waals surface area contributed by atoms with Crippen molar-refractivity contribution in [3.05, 3.63) is 84.7 Å². The molecule has 37 heavy (non-hydrogen) atoms. The van der Waals surface area contributed by atoms with Gasteiger partial charge in [-0.1, -0.05) is 0 Å². The molecular formula is C25H22N4O8. The zero-order chi connectivity index (χ0) is 26.6. The lowest BCUT2D eigenvalue weighted by Crippen LogP contribution is -2.03. The van der Waals surface area contributed by atoms with E-state index in [0.29, 0.717) is 34.8 Å². The van der Waals surface area contributed by atoms with Crippen molar-refractivity contribution in [1.82, 2.24) is 19.9 Å². The van der Waals surface area contributed by atoms with Crippen molar-refractivity contribution < 1.29 is 38.4 Å². The van der Waals surface area contributed by atoms with Crippen LogP contribution in [0.25, 0.3) is 0 Å².